The number of rotatable bonds is 7. The van der Waals surface area contributed by atoms with Gasteiger partial charge in [-0.15, -0.1) is 0 Å². The summed E-state index contributed by atoms with van der Waals surface area (Å²) in [5.74, 6) is 1.52. The van der Waals surface area contributed by atoms with Crippen molar-refractivity contribution in [2.45, 2.75) is 27.7 Å². The number of hydrogen-bond donors (Lipinski definition) is 1. The lowest BCUT2D eigenvalue weighted by atomic mass is 9.94. The molecule has 0 aromatic carbocycles. The summed E-state index contributed by atoms with van der Waals surface area (Å²) in [6.07, 6.45) is 3.63. The molecule has 1 rings (SSSR count). The fourth-order valence-corrected chi connectivity index (χ4v) is 1.50. The number of nitrogens with one attached hydrogen (secondary N) is 1. The standard InChI is InChI=1S/C13H25N3O/c1-11(2)6-14-9-13(3,4)10-17-12-7-15-16(5)8-12/h7-8,11,14H,6,9-10H2,1-5H3. The van der Waals surface area contributed by atoms with E-state index in [1.165, 1.54) is 0 Å². The van der Waals surface area contributed by atoms with Gasteiger partial charge in [0, 0.05) is 19.0 Å². The summed E-state index contributed by atoms with van der Waals surface area (Å²) in [6.45, 7) is 11.6. The third kappa shape index (κ3) is 5.73. The molecule has 0 spiro atoms. The van der Waals surface area contributed by atoms with E-state index in [0.717, 1.165) is 18.8 Å². The van der Waals surface area contributed by atoms with Gasteiger partial charge in [-0.1, -0.05) is 27.7 Å². The molecule has 0 aliphatic carbocycles. The zero-order valence-electron chi connectivity index (χ0n) is 11.7. The number of ether oxygens (including phenoxy) is 1. The molecule has 1 aromatic heterocycles. The van der Waals surface area contributed by atoms with E-state index < -0.39 is 0 Å². The van der Waals surface area contributed by atoms with E-state index in [9.17, 15) is 0 Å². The molecule has 1 aromatic rings. The molecule has 0 unspecified atom stereocenters. The van der Waals surface area contributed by atoms with Gasteiger partial charge in [-0.3, -0.25) is 4.68 Å². The van der Waals surface area contributed by atoms with E-state index >= 15 is 0 Å². The minimum absolute atomic E-state index is 0.130. The Morgan fingerprint density at radius 2 is 2.18 bits per heavy atom. The van der Waals surface area contributed by atoms with Crippen LogP contribution in [0.25, 0.3) is 0 Å². The van der Waals surface area contributed by atoms with Crippen LogP contribution in [-0.2, 0) is 7.05 Å². The highest BCUT2D eigenvalue weighted by Gasteiger charge is 2.18. The maximum absolute atomic E-state index is 5.73. The van der Waals surface area contributed by atoms with Crippen LogP contribution in [0.4, 0.5) is 0 Å². The number of aryl methyl sites for hydroxylation is 1. The third-order valence-corrected chi connectivity index (χ3v) is 2.47. The summed E-state index contributed by atoms with van der Waals surface area (Å²) in [7, 11) is 1.89. The molecule has 0 aliphatic rings. The van der Waals surface area contributed by atoms with Crippen molar-refractivity contribution in [3.63, 3.8) is 0 Å². The lowest BCUT2D eigenvalue weighted by molar-refractivity contribution is 0.175. The van der Waals surface area contributed by atoms with Crippen LogP contribution in [0, 0.1) is 11.3 Å². The van der Waals surface area contributed by atoms with Crippen molar-refractivity contribution in [1.29, 1.82) is 0 Å². The molecule has 17 heavy (non-hydrogen) atoms. The van der Waals surface area contributed by atoms with Gasteiger partial charge in [-0.25, -0.2) is 0 Å². The first-order valence-corrected chi connectivity index (χ1v) is 6.21. The Balaban J connectivity index is 2.28. The van der Waals surface area contributed by atoms with Crippen molar-refractivity contribution in [1.82, 2.24) is 15.1 Å². The van der Waals surface area contributed by atoms with Gasteiger partial charge < -0.3 is 10.1 Å². The minimum atomic E-state index is 0.130. The molecule has 0 atom stereocenters. The Morgan fingerprint density at radius 1 is 1.47 bits per heavy atom. The highest BCUT2D eigenvalue weighted by atomic mass is 16.5. The Kier molecular flexibility index (Phi) is 5.00. The van der Waals surface area contributed by atoms with Crippen LogP contribution in [0.2, 0.25) is 0 Å². The number of aromatic nitrogens is 2. The summed E-state index contributed by atoms with van der Waals surface area (Å²) in [6, 6.07) is 0. The maximum Gasteiger partial charge on any atom is 0.157 e. The van der Waals surface area contributed by atoms with Crippen LogP contribution in [0.1, 0.15) is 27.7 Å². The summed E-state index contributed by atoms with van der Waals surface area (Å²) in [5.41, 5.74) is 0.130. The Bertz CT molecular complexity index is 331. The molecule has 4 heteroatoms. The number of nitrogens with zero attached hydrogens (tertiary/aromatic N) is 2. The van der Waals surface area contributed by atoms with Gasteiger partial charge in [-0.05, 0) is 12.5 Å². The van der Waals surface area contributed by atoms with E-state index in [4.69, 9.17) is 4.74 Å². The molecule has 1 N–H and O–H groups in total. The van der Waals surface area contributed by atoms with Crippen molar-refractivity contribution in [3.8, 4) is 5.75 Å². The van der Waals surface area contributed by atoms with Crippen molar-refractivity contribution in [2.75, 3.05) is 19.7 Å². The van der Waals surface area contributed by atoms with Crippen LogP contribution in [-0.4, -0.2) is 29.5 Å². The fraction of sp³-hybridized carbons (Fsp3) is 0.769. The van der Waals surface area contributed by atoms with Crippen molar-refractivity contribution in [2.24, 2.45) is 18.4 Å². The predicted molar refractivity (Wildman–Crippen MR) is 70.2 cm³/mol. The molecule has 0 saturated carbocycles. The first-order chi connectivity index (χ1) is 7.89. The van der Waals surface area contributed by atoms with E-state index in [-0.39, 0.29) is 5.41 Å². The quantitative estimate of drug-likeness (QED) is 0.791. The molecule has 0 amide bonds. The van der Waals surface area contributed by atoms with Crippen molar-refractivity contribution >= 4 is 0 Å². The first kappa shape index (κ1) is 14.0. The highest BCUT2D eigenvalue weighted by molar-refractivity contribution is 5.11. The molecule has 4 nitrogen and oxygen atoms in total. The van der Waals surface area contributed by atoms with Gasteiger partial charge in [0.15, 0.2) is 5.75 Å². The number of hydrogen-bond acceptors (Lipinski definition) is 3. The largest absolute Gasteiger partial charge is 0.490 e. The lowest BCUT2D eigenvalue weighted by Gasteiger charge is -2.25. The van der Waals surface area contributed by atoms with Crippen molar-refractivity contribution < 1.29 is 4.74 Å². The zero-order chi connectivity index (χ0) is 12.9. The normalized spacial score (nSPS) is 12.1. The summed E-state index contributed by atoms with van der Waals surface area (Å²) in [4.78, 5) is 0. The second-order valence-corrected chi connectivity index (χ2v) is 5.83. The molecule has 0 fully saturated rings. The Morgan fingerprint density at radius 3 is 2.71 bits per heavy atom. The molecule has 0 radical (unpaired) electrons. The minimum Gasteiger partial charge on any atom is -0.490 e. The molecule has 0 aliphatic heterocycles. The van der Waals surface area contributed by atoms with Gasteiger partial charge in [0.05, 0.1) is 19.0 Å². The summed E-state index contributed by atoms with van der Waals surface area (Å²) in [5, 5.41) is 7.54. The van der Waals surface area contributed by atoms with E-state index in [0.29, 0.717) is 12.5 Å². The molecule has 98 valence electrons. The lowest BCUT2D eigenvalue weighted by Crippen LogP contribution is -2.35. The van der Waals surface area contributed by atoms with Gasteiger partial charge >= 0.3 is 0 Å². The molecular formula is C13H25N3O. The van der Waals surface area contributed by atoms with Crippen LogP contribution in [0.5, 0.6) is 5.75 Å². The van der Waals surface area contributed by atoms with Crippen LogP contribution in [0.15, 0.2) is 12.4 Å². The molecule has 0 bridgehead atoms. The fourth-order valence-electron chi connectivity index (χ4n) is 1.50. The predicted octanol–water partition coefficient (Wildman–Crippen LogP) is 2.07. The average Bonchev–Trinajstić information content (AvgIpc) is 2.61. The van der Waals surface area contributed by atoms with Gasteiger partial charge in [0.25, 0.3) is 0 Å². The topological polar surface area (TPSA) is 39.1 Å². The third-order valence-electron chi connectivity index (χ3n) is 2.47. The molecular weight excluding hydrogens is 214 g/mol. The second kappa shape index (κ2) is 6.05. The first-order valence-electron chi connectivity index (χ1n) is 6.21. The second-order valence-electron chi connectivity index (χ2n) is 5.83. The Hall–Kier alpha value is -1.03. The summed E-state index contributed by atoms with van der Waals surface area (Å²) < 4.78 is 7.48. The highest BCUT2D eigenvalue weighted by Crippen LogP contribution is 2.17. The van der Waals surface area contributed by atoms with Crippen LogP contribution in [0.3, 0.4) is 0 Å². The van der Waals surface area contributed by atoms with Crippen molar-refractivity contribution in [3.05, 3.63) is 12.4 Å². The van der Waals surface area contributed by atoms with Gasteiger partial charge in [0.1, 0.15) is 0 Å². The van der Waals surface area contributed by atoms with E-state index in [1.54, 1.807) is 10.9 Å². The molecule has 0 saturated heterocycles. The van der Waals surface area contributed by atoms with E-state index in [2.05, 4.69) is 38.1 Å². The van der Waals surface area contributed by atoms with Crippen LogP contribution < -0.4 is 10.1 Å². The van der Waals surface area contributed by atoms with Gasteiger partial charge in [-0.2, -0.15) is 5.10 Å². The van der Waals surface area contributed by atoms with E-state index in [1.807, 2.05) is 13.2 Å². The maximum atomic E-state index is 5.73. The zero-order valence-corrected chi connectivity index (χ0v) is 11.7. The SMILES string of the molecule is CC(C)CNCC(C)(C)COc1cnn(C)c1. The van der Waals surface area contributed by atoms with Gasteiger partial charge in [0.2, 0.25) is 0 Å². The molecule has 1 heterocycles. The average molecular weight is 239 g/mol. The van der Waals surface area contributed by atoms with Crippen LogP contribution >= 0.6 is 0 Å². The smallest absolute Gasteiger partial charge is 0.157 e. The summed E-state index contributed by atoms with van der Waals surface area (Å²) >= 11 is 0. The Labute approximate surface area is 104 Å². The monoisotopic (exact) mass is 239 g/mol.